The minimum absolute atomic E-state index is 0.182. The Morgan fingerprint density at radius 2 is 1.16 bits per heavy atom. The molecule has 12 nitrogen and oxygen atoms in total. The van der Waals surface area contributed by atoms with Gasteiger partial charge in [-0.3, -0.25) is 5.01 Å². The van der Waals surface area contributed by atoms with E-state index in [4.69, 9.17) is 10.2 Å². The number of hydrogen-bond acceptors (Lipinski definition) is 8. The van der Waals surface area contributed by atoms with Gasteiger partial charge in [-0.15, -0.1) is 15.0 Å². The number of nitrogens with zero attached hydrogens (tertiary/aromatic N) is 6. The minimum Gasteiger partial charge on any atom is -0.480 e. The van der Waals surface area contributed by atoms with Crippen molar-refractivity contribution in [1.29, 1.82) is 0 Å². The van der Waals surface area contributed by atoms with Crippen molar-refractivity contribution in [3.63, 3.8) is 0 Å². The molecule has 0 saturated heterocycles. The van der Waals surface area contributed by atoms with Crippen LogP contribution in [0.2, 0.25) is 0 Å². The standard InChI is InChI=1S/C17H14N2O4.C14H10N4O2/c20-16(21)12-8-6-11(7-9-12)14-10-15(17(22)23)19(18-14)13-4-2-1-3-5-13;19-14(20)11-8-6-10(7-9-11)13-15-17-18(16-13)12-4-2-1-3-5-12/h1-9,15H,10H2,(H,20,21)(H,22,23);1-9H,(H,19,20). The van der Waals surface area contributed by atoms with Crippen molar-refractivity contribution in [2.45, 2.75) is 12.5 Å². The molecule has 12 heteroatoms. The van der Waals surface area contributed by atoms with Crippen LogP contribution in [0.25, 0.3) is 17.1 Å². The van der Waals surface area contributed by atoms with Crippen molar-refractivity contribution < 1.29 is 29.7 Å². The highest BCUT2D eigenvalue weighted by molar-refractivity contribution is 6.06. The van der Waals surface area contributed by atoms with Crippen molar-refractivity contribution in [3.8, 4) is 17.1 Å². The maximum atomic E-state index is 11.5. The number of rotatable bonds is 7. The number of carboxylic acid groups (broad SMARTS) is 3. The van der Waals surface area contributed by atoms with Crippen molar-refractivity contribution in [2.24, 2.45) is 5.10 Å². The van der Waals surface area contributed by atoms with E-state index in [0.29, 0.717) is 17.2 Å². The first-order valence-electron chi connectivity index (χ1n) is 13.0. The Balaban J connectivity index is 0.000000173. The van der Waals surface area contributed by atoms with Gasteiger partial charge in [0.15, 0.2) is 6.04 Å². The van der Waals surface area contributed by atoms with Gasteiger partial charge in [-0.25, -0.2) is 14.4 Å². The number of carbonyl (C=O) groups is 3. The Kier molecular flexibility index (Phi) is 8.28. The molecule has 0 amide bonds. The predicted octanol–water partition coefficient (Wildman–Crippen LogP) is 4.48. The molecule has 0 fully saturated rings. The number of aromatic nitrogens is 4. The largest absolute Gasteiger partial charge is 0.480 e. The lowest BCUT2D eigenvalue weighted by atomic mass is 10.0. The minimum atomic E-state index is -1.00. The van der Waals surface area contributed by atoms with Crippen molar-refractivity contribution >= 4 is 29.3 Å². The maximum Gasteiger partial charge on any atom is 0.335 e. The van der Waals surface area contributed by atoms with Gasteiger partial charge in [0.05, 0.1) is 28.2 Å². The Bertz CT molecular complexity index is 1770. The average molecular weight is 577 g/mol. The number of para-hydroxylation sites is 2. The lowest BCUT2D eigenvalue weighted by Gasteiger charge is -2.19. The molecule has 0 bridgehead atoms. The van der Waals surface area contributed by atoms with Crippen LogP contribution in [0, 0.1) is 0 Å². The molecule has 1 aliphatic rings. The maximum absolute atomic E-state index is 11.5. The molecule has 2 heterocycles. The molecule has 1 aromatic heterocycles. The summed E-state index contributed by atoms with van der Waals surface area (Å²) in [4.78, 5) is 34.6. The highest BCUT2D eigenvalue weighted by Gasteiger charge is 2.34. The first kappa shape index (κ1) is 28.4. The monoisotopic (exact) mass is 576 g/mol. The SMILES string of the molecule is O=C(O)c1ccc(-c2nnn(-c3ccccc3)n2)cc1.O=C(O)c1ccc(C2=NN(c3ccccc3)C(C(=O)O)C2)cc1. The van der Waals surface area contributed by atoms with Gasteiger partial charge in [0.1, 0.15) is 0 Å². The van der Waals surface area contributed by atoms with E-state index >= 15 is 0 Å². The van der Waals surface area contributed by atoms with Gasteiger partial charge in [0.25, 0.3) is 0 Å². The number of aliphatic carboxylic acids is 1. The van der Waals surface area contributed by atoms with Gasteiger partial charge in [-0.05, 0) is 59.3 Å². The Morgan fingerprint density at radius 1 is 0.651 bits per heavy atom. The molecule has 0 radical (unpaired) electrons. The second-order valence-electron chi connectivity index (χ2n) is 9.29. The summed E-state index contributed by atoms with van der Waals surface area (Å²) in [6, 6.07) is 30.4. The zero-order chi connectivity index (χ0) is 30.3. The van der Waals surface area contributed by atoms with Crippen LogP contribution in [0.1, 0.15) is 32.7 Å². The van der Waals surface area contributed by atoms with E-state index in [1.165, 1.54) is 34.1 Å². The van der Waals surface area contributed by atoms with Gasteiger partial charge in [-0.2, -0.15) is 5.10 Å². The third kappa shape index (κ3) is 6.60. The third-order valence-corrected chi connectivity index (χ3v) is 6.47. The molecule has 214 valence electrons. The lowest BCUT2D eigenvalue weighted by molar-refractivity contribution is -0.138. The number of aromatic carboxylic acids is 2. The average Bonchev–Trinajstić information content (AvgIpc) is 3.71. The molecule has 0 saturated carbocycles. The molecular weight excluding hydrogens is 552 g/mol. The smallest absolute Gasteiger partial charge is 0.335 e. The fraction of sp³-hybridized carbons (Fsp3) is 0.0645. The normalized spacial score (nSPS) is 13.9. The fourth-order valence-electron chi connectivity index (χ4n) is 4.26. The molecule has 4 aromatic carbocycles. The number of hydrazone groups is 1. The van der Waals surface area contributed by atoms with Crippen molar-refractivity contribution in [2.75, 3.05) is 5.01 Å². The van der Waals surface area contributed by atoms with E-state index < -0.39 is 23.9 Å². The number of tetrazole rings is 1. The van der Waals surface area contributed by atoms with Crippen LogP contribution >= 0.6 is 0 Å². The molecule has 43 heavy (non-hydrogen) atoms. The molecule has 6 rings (SSSR count). The predicted molar refractivity (Wildman–Crippen MR) is 156 cm³/mol. The van der Waals surface area contributed by atoms with E-state index in [-0.39, 0.29) is 17.5 Å². The van der Waals surface area contributed by atoms with Gasteiger partial charge >= 0.3 is 17.9 Å². The van der Waals surface area contributed by atoms with Crippen LogP contribution in [0.15, 0.2) is 114 Å². The summed E-state index contributed by atoms with van der Waals surface area (Å²) >= 11 is 0. The summed E-state index contributed by atoms with van der Waals surface area (Å²) in [5, 5.41) is 45.4. The zero-order valence-corrected chi connectivity index (χ0v) is 22.4. The number of hydrogen-bond donors (Lipinski definition) is 3. The van der Waals surface area contributed by atoms with Crippen LogP contribution < -0.4 is 5.01 Å². The highest BCUT2D eigenvalue weighted by Crippen LogP contribution is 2.27. The summed E-state index contributed by atoms with van der Waals surface area (Å²) in [5.41, 5.74) is 3.99. The summed E-state index contributed by atoms with van der Waals surface area (Å²) in [6.45, 7) is 0. The quantitative estimate of drug-likeness (QED) is 0.251. The molecule has 1 aliphatic heterocycles. The zero-order valence-electron chi connectivity index (χ0n) is 22.4. The summed E-state index contributed by atoms with van der Waals surface area (Å²) in [5.74, 6) is -2.46. The molecule has 1 unspecified atom stereocenters. The second-order valence-corrected chi connectivity index (χ2v) is 9.29. The first-order chi connectivity index (χ1) is 20.8. The number of carboxylic acids is 3. The highest BCUT2D eigenvalue weighted by atomic mass is 16.4. The first-order valence-corrected chi connectivity index (χ1v) is 13.0. The summed E-state index contributed by atoms with van der Waals surface area (Å²) in [6.07, 6.45) is 0.261. The summed E-state index contributed by atoms with van der Waals surface area (Å²) < 4.78 is 0. The molecule has 0 spiro atoms. The molecule has 1 atom stereocenters. The van der Waals surface area contributed by atoms with E-state index in [1.807, 2.05) is 48.5 Å². The van der Waals surface area contributed by atoms with E-state index in [9.17, 15) is 19.5 Å². The van der Waals surface area contributed by atoms with Crippen molar-refractivity contribution in [1.82, 2.24) is 20.2 Å². The topological polar surface area (TPSA) is 171 Å². The van der Waals surface area contributed by atoms with Crippen LogP contribution in [0.5, 0.6) is 0 Å². The Hall–Kier alpha value is -6.17. The van der Waals surface area contributed by atoms with Crippen LogP contribution in [-0.4, -0.2) is 65.2 Å². The van der Waals surface area contributed by atoms with Crippen LogP contribution in [0.4, 0.5) is 5.69 Å². The van der Waals surface area contributed by atoms with Gasteiger partial charge < -0.3 is 15.3 Å². The molecular formula is C31H24N6O6. The lowest BCUT2D eigenvalue weighted by Crippen LogP contribution is -2.34. The molecule has 5 aromatic rings. The number of anilines is 1. The van der Waals surface area contributed by atoms with Gasteiger partial charge in [0, 0.05) is 12.0 Å². The van der Waals surface area contributed by atoms with Gasteiger partial charge in [-0.1, -0.05) is 60.7 Å². The molecule has 0 aliphatic carbocycles. The van der Waals surface area contributed by atoms with Crippen LogP contribution in [-0.2, 0) is 4.79 Å². The van der Waals surface area contributed by atoms with E-state index in [0.717, 1.165) is 16.8 Å². The third-order valence-electron chi connectivity index (χ3n) is 6.47. The molecule has 3 N–H and O–H groups in total. The Morgan fingerprint density at radius 3 is 1.67 bits per heavy atom. The van der Waals surface area contributed by atoms with E-state index in [1.54, 1.807) is 36.4 Å². The number of benzene rings is 4. The fourth-order valence-corrected chi connectivity index (χ4v) is 4.26. The summed E-state index contributed by atoms with van der Waals surface area (Å²) in [7, 11) is 0. The van der Waals surface area contributed by atoms with E-state index in [2.05, 4.69) is 20.5 Å². The Labute approximate surface area is 244 Å². The van der Waals surface area contributed by atoms with Crippen molar-refractivity contribution in [3.05, 3.63) is 126 Å². The van der Waals surface area contributed by atoms with Crippen LogP contribution in [0.3, 0.4) is 0 Å². The second kappa shape index (κ2) is 12.6. The van der Waals surface area contributed by atoms with Gasteiger partial charge in [0.2, 0.25) is 5.82 Å².